The number of aromatic nitrogens is 2. The average molecular weight is 272 g/mol. The second kappa shape index (κ2) is 6.96. The first-order chi connectivity index (χ1) is 9.76. The van der Waals surface area contributed by atoms with E-state index in [9.17, 15) is 4.79 Å². The van der Waals surface area contributed by atoms with Crippen LogP contribution in [0.3, 0.4) is 0 Å². The lowest BCUT2D eigenvalue weighted by Gasteiger charge is -2.16. The number of unbranched alkanes of at least 4 members (excludes halogenated alkanes) is 1. The zero-order chi connectivity index (χ0) is 14.4. The smallest absolute Gasteiger partial charge is 0.253 e. The molecule has 0 aliphatic rings. The Labute approximate surface area is 118 Å². The SMILES string of the molecule is CCCCC(CN)NC(=O)c1cccc2nccnc12. The molecule has 1 atom stereocenters. The summed E-state index contributed by atoms with van der Waals surface area (Å²) in [6, 6.07) is 5.43. The Bertz CT molecular complexity index is 580. The summed E-state index contributed by atoms with van der Waals surface area (Å²) in [5.74, 6) is -0.136. The van der Waals surface area contributed by atoms with Gasteiger partial charge in [0.1, 0.15) is 5.52 Å². The number of nitrogens with zero attached hydrogens (tertiary/aromatic N) is 2. The Balaban J connectivity index is 2.18. The number of hydrogen-bond acceptors (Lipinski definition) is 4. The van der Waals surface area contributed by atoms with Gasteiger partial charge in [0.05, 0.1) is 11.1 Å². The Kier molecular flexibility index (Phi) is 5.01. The van der Waals surface area contributed by atoms with Crippen LogP contribution in [0.1, 0.15) is 36.5 Å². The van der Waals surface area contributed by atoms with Gasteiger partial charge in [-0.3, -0.25) is 14.8 Å². The molecule has 3 N–H and O–H groups in total. The predicted octanol–water partition coefficient (Wildman–Crippen LogP) is 1.88. The number of carbonyl (C=O) groups excluding carboxylic acids is 1. The van der Waals surface area contributed by atoms with Crippen molar-refractivity contribution >= 4 is 16.9 Å². The van der Waals surface area contributed by atoms with Crippen molar-refractivity contribution in [3.63, 3.8) is 0 Å². The topological polar surface area (TPSA) is 80.9 Å². The molecule has 0 bridgehead atoms. The van der Waals surface area contributed by atoms with Gasteiger partial charge in [-0.25, -0.2) is 0 Å². The van der Waals surface area contributed by atoms with Gasteiger partial charge in [-0.15, -0.1) is 0 Å². The molecule has 1 aromatic heterocycles. The van der Waals surface area contributed by atoms with Crippen LogP contribution in [0.4, 0.5) is 0 Å². The van der Waals surface area contributed by atoms with Gasteiger partial charge in [0.25, 0.3) is 5.91 Å². The molecule has 1 heterocycles. The molecular formula is C15H20N4O. The maximum Gasteiger partial charge on any atom is 0.253 e. The van der Waals surface area contributed by atoms with Crippen LogP contribution in [0.2, 0.25) is 0 Å². The van der Waals surface area contributed by atoms with Crippen molar-refractivity contribution in [3.8, 4) is 0 Å². The molecule has 0 spiro atoms. The fraction of sp³-hybridized carbons (Fsp3) is 0.400. The zero-order valence-electron chi connectivity index (χ0n) is 11.7. The van der Waals surface area contributed by atoms with Gasteiger partial charge in [0.2, 0.25) is 0 Å². The van der Waals surface area contributed by atoms with Crippen molar-refractivity contribution in [3.05, 3.63) is 36.2 Å². The lowest BCUT2D eigenvalue weighted by Crippen LogP contribution is -2.40. The van der Waals surface area contributed by atoms with Crippen LogP contribution in [0.15, 0.2) is 30.6 Å². The minimum atomic E-state index is -0.136. The summed E-state index contributed by atoms with van der Waals surface area (Å²) >= 11 is 0. The highest BCUT2D eigenvalue weighted by molar-refractivity contribution is 6.04. The highest BCUT2D eigenvalue weighted by Gasteiger charge is 2.15. The average Bonchev–Trinajstić information content (AvgIpc) is 2.50. The highest BCUT2D eigenvalue weighted by Crippen LogP contribution is 2.14. The second-order valence-electron chi connectivity index (χ2n) is 4.78. The van der Waals surface area contributed by atoms with Crippen LogP contribution in [0, 0.1) is 0 Å². The minimum Gasteiger partial charge on any atom is -0.348 e. The van der Waals surface area contributed by atoms with Gasteiger partial charge in [0.15, 0.2) is 0 Å². The van der Waals surface area contributed by atoms with Gasteiger partial charge in [-0.05, 0) is 18.6 Å². The number of rotatable bonds is 6. The van der Waals surface area contributed by atoms with E-state index >= 15 is 0 Å². The Morgan fingerprint density at radius 2 is 2.15 bits per heavy atom. The lowest BCUT2D eigenvalue weighted by molar-refractivity contribution is 0.0937. The molecule has 2 rings (SSSR count). The molecule has 20 heavy (non-hydrogen) atoms. The number of hydrogen-bond donors (Lipinski definition) is 2. The highest BCUT2D eigenvalue weighted by atomic mass is 16.1. The van der Waals surface area contributed by atoms with Gasteiger partial charge in [-0.1, -0.05) is 25.8 Å². The van der Waals surface area contributed by atoms with Crippen molar-refractivity contribution in [2.75, 3.05) is 6.54 Å². The number of nitrogens with one attached hydrogen (secondary N) is 1. The normalized spacial score (nSPS) is 12.3. The molecule has 106 valence electrons. The number of para-hydroxylation sites is 1. The Hall–Kier alpha value is -2.01. The summed E-state index contributed by atoms with van der Waals surface area (Å²) in [6.45, 7) is 2.57. The molecule has 0 fully saturated rings. The van der Waals surface area contributed by atoms with Gasteiger partial charge >= 0.3 is 0 Å². The van der Waals surface area contributed by atoms with E-state index in [1.54, 1.807) is 18.5 Å². The third-order valence-corrected chi connectivity index (χ3v) is 3.27. The van der Waals surface area contributed by atoms with E-state index in [1.807, 2.05) is 12.1 Å². The molecule has 1 amide bonds. The maximum absolute atomic E-state index is 12.4. The first-order valence-corrected chi connectivity index (χ1v) is 6.97. The first kappa shape index (κ1) is 14.4. The van der Waals surface area contributed by atoms with Crippen molar-refractivity contribution < 1.29 is 4.79 Å². The molecule has 0 saturated carbocycles. The molecule has 5 heteroatoms. The maximum atomic E-state index is 12.4. The molecule has 2 aromatic rings. The van der Waals surface area contributed by atoms with Crippen molar-refractivity contribution in [2.45, 2.75) is 32.2 Å². The fourth-order valence-corrected chi connectivity index (χ4v) is 2.14. The summed E-state index contributed by atoms with van der Waals surface area (Å²) in [5, 5.41) is 2.98. The van der Waals surface area contributed by atoms with E-state index in [0.29, 0.717) is 17.6 Å². The molecule has 0 saturated heterocycles. The van der Waals surface area contributed by atoms with E-state index in [-0.39, 0.29) is 11.9 Å². The van der Waals surface area contributed by atoms with Crippen LogP contribution in [-0.2, 0) is 0 Å². The summed E-state index contributed by atoms with van der Waals surface area (Å²) in [6.07, 6.45) is 6.25. The van der Waals surface area contributed by atoms with Crippen molar-refractivity contribution in [1.82, 2.24) is 15.3 Å². The molecule has 0 radical (unpaired) electrons. The molecule has 1 aromatic carbocycles. The van der Waals surface area contributed by atoms with Gasteiger partial charge < -0.3 is 11.1 Å². The minimum absolute atomic E-state index is 0.00868. The van der Waals surface area contributed by atoms with Crippen LogP contribution in [0.25, 0.3) is 11.0 Å². The molecule has 1 unspecified atom stereocenters. The van der Waals surface area contributed by atoms with Crippen LogP contribution in [0.5, 0.6) is 0 Å². The summed E-state index contributed by atoms with van der Waals surface area (Å²) in [7, 11) is 0. The molecule has 5 nitrogen and oxygen atoms in total. The zero-order valence-corrected chi connectivity index (χ0v) is 11.7. The third-order valence-electron chi connectivity index (χ3n) is 3.27. The summed E-state index contributed by atoms with van der Waals surface area (Å²) < 4.78 is 0. The third kappa shape index (κ3) is 3.30. The first-order valence-electron chi connectivity index (χ1n) is 6.97. The summed E-state index contributed by atoms with van der Waals surface area (Å²) in [5.41, 5.74) is 7.60. The Morgan fingerprint density at radius 1 is 1.35 bits per heavy atom. The van der Waals surface area contributed by atoms with Crippen LogP contribution < -0.4 is 11.1 Å². The number of amides is 1. The second-order valence-corrected chi connectivity index (χ2v) is 4.78. The number of carbonyl (C=O) groups is 1. The van der Waals surface area contributed by atoms with E-state index < -0.39 is 0 Å². The molecule has 0 aliphatic heterocycles. The van der Waals surface area contributed by atoms with E-state index in [0.717, 1.165) is 24.8 Å². The van der Waals surface area contributed by atoms with Gasteiger partial charge in [-0.2, -0.15) is 0 Å². The quantitative estimate of drug-likeness (QED) is 0.841. The largest absolute Gasteiger partial charge is 0.348 e. The van der Waals surface area contributed by atoms with E-state index in [1.165, 1.54) is 0 Å². The summed E-state index contributed by atoms with van der Waals surface area (Å²) in [4.78, 5) is 20.8. The predicted molar refractivity (Wildman–Crippen MR) is 79.4 cm³/mol. The lowest BCUT2D eigenvalue weighted by atomic mass is 10.1. The fourth-order valence-electron chi connectivity index (χ4n) is 2.14. The standard InChI is InChI=1S/C15H20N4O/c1-2-3-5-11(10-16)19-15(20)12-6-4-7-13-14(12)18-9-8-17-13/h4,6-9,11H,2-3,5,10,16H2,1H3,(H,19,20). The molecular weight excluding hydrogens is 252 g/mol. The van der Waals surface area contributed by atoms with Gasteiger partial charge in [0, 0.05) is 25.0 Å². The van der Waals surface area contributed by atoms with E-state index in [2.05, 4.69) is 22.2 Å². The monoisotopic (exact) mass is 272 g/mol. The van der Waals surface area contributed by atoms with E-state index in [4.69, 9.17) is 5.73 Å². The van der Waals surface area contributed by atoms with Crippen molar-refractivity contribution in [2.24, 2.45) is 5.73 Å². The number of nitrogens with two attached hydrogens (primary N) is 1. The molecule has 0 aliphatic carbocycles. The van der Waals surface area contributed by atoms with Crippen LogP contribution in [-0.4, -0.2) is 28.5 Å². The number of fused-ring (bicyclic) bond motifs is 1. The van der Waals surface area contributed by atoms with Crippen molar-refractivity contribution in [1.29, 1.82) is 0 Å². The van der Waals surface area contributed by atoms with Crippen LogP contribution >= 0.6 is 0 Å². The number of benzene rings is 1. The Morgan fingerprint density at radius 3 is 2.90 bits per heavy atom.